The van der Waals surface area contributed by atoms with E-state index < -0.39 is 47.6 Å². The maximum atomic E-state index is 12.7. The highest BCUT2D eigenvalue weighted by Crippen LogP contribution is 2.36. The first-order chi connectivity index (χ1) is 9.91. The number of rotatable bonds is 3. The summed E-state index contributed by atoms with van der Waals surface area (Å²) in [5, 5.41) is -0.616. The molecule has 1 aromatic carbocycles. The predicted molar refractivity (Wildman–Crippen MR) is 73.8 cm³/mol. The Hall–Kier alpha value is -0.840. The molecule has 5 nitrogen and oxygen atoms in total. The van der Waals surface area contributed by atoms with E-state index in [9.17, 15) is 30.0 Å². The second-order valence-electron chi connectivity index (χ2n) is 4.86. The van der Waals surface area contributed by atoms with Gasteiger partial charge in [0.1, 0.15) is 0 Å². The standard InChI is InChI=1S/C11H11ClF3NO4S2/c12-10-2-1-8(5-9(10)11(13,14)15)22(19,20)16-7-3-4-21(17,18)6-7/h1-2,5,7,16H,3-4,6H2/t7-/m1/s1. The third-order valence-electron chi connectivity index (χ3n) is 3.11. The molecule has 1 N–H and O–H groups in total. The Morgan fingerprint density at radius 1 is 1.27 bits per heavy atom. The molecule has 0 aliphatic carbocycles. The summed E-state index contributed by atoms with van der Waals surface area (Å²) in [6.07, 6.45) is -4.71. The van der Waals surface area contributed by atoms with Crippen molar-refractivity contribution in [2.75, 3.05) is 11.5 Å². The van der Waals surface area contributed by atoms with Crippen LogP contribution in [0.25, 0.3) is 0 Å². The van der Waals surface area contributed by atoms with Crippen LogP contribution in [0.1, 0.15) is 12.0 Å². The highest BCUT2D eigenvalue weighted by Gasteiger charge is 2.36. The van der Waals surface area contributed by atoms with Gasteiger partial charge in [0.2, 0.25) is 10.0 Å². The number of benzene rings is 1. The van der Waals surface area contributed by atoms with E-state index in [-0.39, 0.29) is 17.9 Å². The van der Waals surface area contributed by atoms with Crippen molar-refractivity contribution < 1.29 is 30.0 Å². The van der Waals surface area contributed by atoms with E-state index in [4.69, 9.17) is 11.6 Å². The van der Waals surface area contributed by atoms with Gasteiger partial charge in [-0.3, -0.25) is 0 Å². The van der Waals surface area contributed by atoms with Crippen LogP contribution in [0.2, 0.25) is 5.02 Å². The monoisotopic (exact) mass is 377 g/mol. The lowest BCUT2D eigenvalue weighted by Crippen LogP contribution is -2.35. The first kappa shape index (κ1) is 17.5. The van der Waals surface area contributed by atoms with Crippen LogP contribution in [-0.2, 0) is 26.0 Å². The lowest BCUT2D eigenvalue weighted by Gasteiger charge is -2.14. The topological polar surface area (TPSA) is 80.3 Å². The SMILES string of the molecule is O=S1(=O)CC[C@@H](NS(=O)(=O)c2ccc(Cl)c(C(F)(F)F)c2)C1. The minimum atomic E-state index is -4.79. The van der Waals surface area contributed by atoms with Crippen LogP contribution in [0, 0.1) is 0 Å². The summed E-state index contributed by atoms with van der Waals surface area (Å²) in [5.74, 6) is -0.527. The number of hydrogen-bond acceptors (Lipinski definition) is 4. The van der Waals surface area contributed by atoms with Crippen molar-refractivity contribution in [3.05, 3.63) is 28.8 Å². The van der Waals surface area contributed by atoms with Crippen molar-refractivity contribution in [2.24, 2.45) is 0 Å². The molecule has 0 amide bonds. The predicted octanol–water partition coefficient (Wildman–Crippen LogP) is 1.82. The molecule has 1 aliphatic heterocycles. The fraction of sp³-hybridized carbons (Fsp3) is 0.455. The fourth-order valence-electron chi connectivity index (χ4n) is 2.06. The molecule has 1 fully saturated rings. The van der Waals surface area contributed by atoms with Crippen LogP contribution in [-0.4, -0.2) is 34.4 Å². The third kappa shape index (κ3) is 3.92. The van der Waals surface area contributed by atoms with E-state index in [0.717, 1.165) is 12.1 Å². The molecule has 1 atom stereocenters. The zero-order valence-corrected chi connectivity index (χ0v) is 13.3. The maximum Gasteiger partial charge on any atom is 0.417 e. The Balaban J connectivity index is 2.31. The largest absolute Gasteiger partial charge is 0.417 e. The maximum absolute atomic E-state index is 12.7. The van der Waals surface area contributed by atoms with Crippen molar-refractivity contribution in [3.8, 4) is 0 Å². The van der Waals surface area contributed by atoms with Gasteiger partial charge in [0, 0.05) is 6.04 Å². The van der Waals surface area contributed by atoms with Crippen LogP contribution >= 0.6 is 11.6 Å². The minimum absolute atomic E-state index is 0.0846. The molecule has 2 rings (SSSR count). The molecule has 1 heterocycles. The van der Waals surface area contributed by atoms with Crippen molar-refractivity contribution >= 4 is 31.5 Å². The highest BCUT2D eigenvalue weighted by atomic mass is 35.5. The van der Waals surface area contributed by atoms with Gasteiger partial charge in [0.25, 0.3) is 0 Å². The molecule has 0 unspecified atom stereocenters. The Kier molecular flexibility index (Phi) is 4.51. The van der Waals surface area contributed by atoms with Crippen LogP contribution in [0.5, 0.6) is 0 Å². The molecular weight excluding hydrogens is 367 g/mol. The molecule has 0 bridgehead atoms. The van der Waals surface area contributed by atoms with Crippen molar-refractivity contribution in [1.82, 2.24) is 4.72 Å². The second kappa shape index (κ2) is 5.66. The van der Waals surface area contributed by atoms with Gasteiger partial charge in [-0.05, 0) is 24.6 Å². The Bertz CT molecular complexity index is 790. The van der Waals surface area contributed by atoms with Gasteiger partial charge in [0.15, 0.2) is 9.84 Å². The summed E-state index contributed by atoms with van der Waals surface area (Å²) in [4.78, 5) is -0.617. The van der Waals surface area contributed by atoms with Gasteiger partial charge < -0.3 is 0 Å². The molecular formula is C11H11ClF3NO4S2. The zero-order valence-electron chi connectivity index (χ0n) is 10.9. The summed E-state index contributed by atoms with van der Waals surface area (Å²) < 4.78 is 87.1. The van der Waals surface area contributed by atoms with E-state index >= 15 is 0 Å². The highest BCUT2D eigenvalue weighted by molar-refractivity contribution is 7.92. The van der Waals surface area contributed by atoms with Crippen molar-refractivity contribution in [1.29, 1.82) is 0 Å². The molecule has 0 saturated carbocycles. The number of sulfone groups is 1. The van der Waals surface area contributed by atoms with Gasteiger partial charge in [0.05, 0.1) is 27.0 Å². The Morgan fingerprint density at radius 2 is 1.91 bits per heavy atom. The molecule has 124 valence electrons. The van der Waals surface area contributed by atoms with Crippen LogP contribution in [0.3, 0.4) is 0 Å². The van der Waals surface area contributed by atoms with Crippen molar-refractivity contribution in [3.63, 3.8) is 0 Å². The Morgan fingerprint density at radius 3 is 2.41 bits per heavy atom. The fourth-order valence-corrected chi connectivity index (χ4v) is 5.36. The number of alkyl halides is 3. The van der Waals surface area contributed by atoms with Gasteiger partial charge in [-0.15, -0.1) is 0 Å². The van der Waals surface area contributed by atoms with Gasteiger partial charge >= 0.3 is 6.18 Å². The summed E-state index contributed by atoms with van der Waals surface area (Å²) in [5.41, 5.74) is -1.27. The number of sulfonamides is 1. The summed E-state index contributed by atoms with van der Waals surface area (Å²) in [7, 11) is -7.58. The van der Waals surface area contributed by atoms with E-state index in [0.29, 0.717) is 6.07 Å². The van der Waals surface area contributed by atoms with Crippen LogP contribution in [0.15, 0.2) is 23.1 Å². The number of halogens is 4. The average Bonchev–Trinajstić information content (AvgIpc) is 2.66. The van der Waals surface area contributed by atoms with Gasteiger partial charge in [-0.2, -0.15) is 13.2 Å². The van der Waals surface area contributed by atoms with E-state index in [2.05, 4.69) is 4.72 Å². The quantitative estimate of drug-likeness (QED) is 0.871. The Labute approximate surface area is 130 Å². The smallest absolute Gasteiger partial charge is 0.229 e. The molecule has 11 heteroatoms. The molecule has 0 aromatic heterocycles. The lowest BCUT2D eigenvalue weighted by atomic mass is 10.2. The number of hydrogen-bond donors (Lipinski definition) is 1. The molecule has 22 heavy (non-hydrogen) atoms. The molecule has 0 spiro atoms. The van der Waals surface area contributed by atoms with E-state index in [1.807, 2.05) is 0 Å². The second-order valence-corrected chi connectivity index (χ2v) is 9.21. The first-order valence-corrected chi connectivity index (χ1v) is 9.68. The molecule has 0 radical (unpaired) electrons. The lowest BCUT2D eigenvalue weighted by molar-refractivity contribution is -0.137. The normalized spacial score (nSPS) is 21.9. The minimum Gasteiger partial charge on any atom is -0.229 e. The molecule has 1 aromatic rings. The zero-order chi connectivity index (χ0) is 16.8. The average molecular weight is 378 g/mol. The third-order valence-corrected chi connectivity index (χ3v) is 6.72. The number of nitrogens with one attached hydrogen (secondary N) is 1. The summed E-state index contributed by atoms with van der Waals surface area (Å²) in [6, 6.07) is 1.35. The summed E-state index contributed by atoms with van der Waals surface area (Å²) in [6.45, 7) is 0. The van der Waals surface area contributed by atoms with Crippen LogP contribution < -0.4 is 4.72 Å². The van der Waals surface area contributed by atoms with Gasteiger partial charge in [-0.25, -0.2) is 21.6 Å². The van der Waals surface area contributed by atoms with Gasteiger partial charge in [-0.1, -0.05) is 11.6 Å². The van der Waals surface area contributed by atoms with E-state index in [1.54, 1.807) is 0 Å². The molecule has 1 saturated heterocycles. The van der Waals surface area contributed by atoms with Crippen LogP contribution in [0.4, 0.5) is 13.2 Å². The molecule has 1 aliphatic rings. The van der Waals surface area contributed by atoms with Crippen molar-refractivity contribution in [2.45, 2.75) is 23.5 Å². The summed E-state index contributed by atoms with van der Waals surface area (Å²) >= 11 is 5.42. The first-order valence-electron chi connectivity index (χ1n) is 6.00. The van der Waals surface area contributed by atoms with E-state index in [1.165, 1.54) is 0 Å².